The maximum absolute atomic E-state index is 11.8. The number of aromatic nitrogens is 1. The lowest BCUT2D eigenvalue weighted by atomic mass is 10.3. The molecule has 0 saturated carbocycles. The van der Waals surface area contributed by atoms with Gasteiger partial charge in [-0.05, 0) is 12.1 Å². The molecular weight excluding hydrogens is 280 g/mol. The molecule has 1 saturated heterocycles. The van der Waals surface area contributed by atoms with E-state index in [0.717, 1.165) is 0 Å². The second-order valence-electron chi connectivity index (χ2n) is 3.84. The molecule has 0 radical (unpaired) electrons. The highest BCUT2D eigenvalue weighted by Gasteiger charge is 2.39. The van der Waals surface area contributed by atoms with Crippen LogP contribution in [0.1, 0.15) is 6.42 Å². The van der Waals surface area contributed by atoms with E-state index in [1.54, 1.807) is 12.1 Å². The van der Waals surface area contributed by atoms with E-state index in [4.69, 9.17) is 15.4 Å². The van der Waals surface area contributed by atoms with Crippen LogP contribution in [-0.2, 0) is 13.8 Å². The van der Waals surface area contributed by atoms with Gasteiger partial charge in [-0.1, -0.05) is 0 Å². The first-order valence-electron chi connectivity index (χ1n) is 5.16. The maximum Gasteiger partial charge on any atom is 0.237 e. The molecule has 0 N–H and O–H groups in total. The van der Waals surface area contributed by atoms with Gasteiger partial charge in [-0.3, -0.25) is 4.79 Å². The molecule has 1 atom stereocenters. The normalized spacial score (nSPS) is 20.2. The number of hydrogen-bond acceptors (Lipinski definition) is 5. The number of ether oxygens (including phenoxy) is 1. The molecule has 98 valence electrons. The average molecular weight is 291 g/mol. The average Bonchev–Trinajstić information content (AvgIpc) is 2.71. The van der Waals surface area contributed by atoms with Crippen molar-refractivity contribution in [3.8, 4) is 5.88 Å². The Bertz CT molecular complexity index is 575. The van der Waals surface area contributed by atoms with Crippen LogP contribution in [0.5, 0.6) is 5.88 Å². The first kappa shape index (κ1) is 13.1. The smallest absolute Gasteiger partial charge is 0.237 e. The Kier molecular flexibility index (Phi) is 3.45. The van der Waals surface area contributed by atoms with Crippen LogP contribution >= 0.6 is 10.7 Å². The van der Waals surface area contributed by atoms with Crippen LogP contribution in [0.4, 0.5) is 5.69 Å². The first-order valence-corrected chi connectivity index (χ1v) is 7.53. The van der Waals surface area contributed by atoms with Crippen LogP contribution < -0.4 is 9.64 Å². The summed E-state index contributed by atoms with van der Waals surface area (Å²) in [5.41, 5.74) is 0.452. The third-order valence-corrected chi connectivity index (χ3v) is 4.59. The van der Waals surface area contributed by atoms with Crippen molar-refractivity contribution in [1.82, 2.24) is 4.98 Å². The minimum atomic E-state index is -3.75. The SMILES string of the molecule is COc1ncccc1N1CC(S(=O)(=O)Cl)CC1=O. The molecule has 1 aromatic heterocycles. The molecule has 0 aromatic carbocycles. The molecule has 1 aliphatic heterocycles. The van der Waals surface area contributed by atoms with Gasteiger partial charge in [0, 0.05) is 29.8 Å². The minimum absolute atomic E-state index is 0.0206. The zero-order valence-corrected chi connectivity index (χ0v) is 11.1. The van der Waals surface area contributed by atoms with Gasteiger partial charge in [-0.25, -0.2) is 13.4 Å². The highest BCUT2D eigenvalue weighted by molar-refractivity contribution is 8.14. The Morgan fingerprint density at radius 2 is 2.28 bits per heavy atom. The van der Waals surface area contributed by atoms with Crippen molar-refractivity contribution in [2.45, 2.75) is 11.7 Å². The van der Waals surface area contributed by atoms with Gasteiger partial charge in [0.1, 0.15) is 10.9 Å². The molecule has 2 rings (SSSR count). The van der Waals surface area contributed by atoms with Gasteiger partial charge in [0.2, 0.25) is 20.8 Å². The van der Waals surface area contributed by atoms with Crippen molar-refractivity contribution in [3.63, 3.8) is 0 Å². The number of pyridine rings is 1. The fourth-order valence-corrected chi connectivity index (χ4v) is 2.87. The van der Waals surface area contributed by atoms with E-state index in [9.17, 15) is 13.2 Å². The van der Waals surface area contributed by atoms with Crippen molar-refractivity contribution in [2.24, 2.45) is 0 Å². The molecule has 1 unspecified atom stereocenters. The van der Waals surface area contributed by atoms with E-state index >= 15 is 0 Å². The molecule has 0 bridgehead atoms. The summed E-state index contributed by atoms with van der Waals surface area (Å²) in [5.74, 6) is -0.0333. The quantitative estimate of drug-likeness (QED) is 0.768. The van der Waals surface area contributed by atoms with Gasteiger partial charge >= 0.3 is 0 Å². The Labute approximate surface area is 109 Å². The molecule has 8 heteroatoms. The summed E-state index contributed by atoms with van der Waals surface area (Å²) < 4.78 is 27.5. The molecule has 18 heavy (non-hydrogen) atoms. The molecule has 1 aliphatic rings. The molecule has 1 amide bonds. The van der Waals surface area contributed by atoms with Crippen LogP contribution in [0, 0.1) is 0 Å². The number of methoxy groups -OCH3 is 1. The fourth-order valence-electron chi connectivity index (χ4n) is 1.84. The Morgan fingerprint density at radius 3 is 2.83 bits per heavy atom. The number of nitrogens with zero attached hydrogens (tertiary/aromatic N) is 2. The van der Waals surface area contributed by atoms with Crippen molar-refractivity contribution in [2.75, 3.05) is 18.6 Å². The molecule has 6 nitrogen and oxygen atoms in total. The predicted octanol–water partition coefficient (Wildman–Crippen LogP) is 0.764. The molecular formula is C10H11ClN2O4S. The third-order valence-electron chi connectivity index (χ3n) is 2.72. The minimum Gasteiger partial charge on any atom is -0.480 e. The van der Waals surface area contributed by atoms with Crippen molar-refractivity contribution >= 4 is 31.3 Å². The Morgan fingerprint density at radius 1 is 1.56 bits per heavy atom. The van der Waals surface area contributed by atoms with Crippen molar-refractivity contribution in [3.05, 3.63) is 18.3 Å². The summed E-state index contributed by atoms with van der Waals surface area (Å²) in [6.07, 6.45) is 1.41. The van der Waals surface area contributed by atoms with Crippen molar-refractivity contribution < 1.29 is 17.9 Å². The largest absolute Gasteiger partial charge is 0.480 e. The lowest BCUT2D eigenvalue weighted by Crippen LogP contribution is -2.27. The monoisotopic (exact) mass is 290 g/mol. The summed E-state index contributed by atoms with van der Waals surface area (Å²) >= 11 is 0. The van der Waals surface area contributed by atoms with Gasteiger partial charge in [0.05, 0.1) is 7.11 Å². The topological polar surface area (TPSA) is 76.6 Å². The summed E-state index contributed by atoms with van der Waals surface area (Å²) in [7, 11) is 2.96. The van der Waals surface area contributed by atoms with Gasteiger partial charge < -0.3 is 9.64 Å². The van der Waals surface area contributed by atoms with E-state index in [0.29, 0.717) is 5.69 Å². The summed E-state index contributed by atoms with van der Waals surface area (Å²) in [5, 5.41) is -0.892. The lowest BCUT2D eigenvalue weighted by molar-refractivity contribution is -0.117. The van der Waals surface area contributed by atoms with Crippen LogP contribution in [0.15, 0.2) is 18.3 Å². The van der Waals surface area contributed by atoms with Crippen LogP contribution in [0.25, 0.3) is 0 Å². The standard InChI is InChI=1S/C10H11ClN2O4S/c1-17-10-8(3-2-4-12-10)13-6-7(5-9(13)14)18(11,15)16/h2-4,7H,5-6H2,1H3. The number of anilines is 1. The Hall–Kier alpha value is -1.34. The number of rotatable bonds is 3. The first-order chi connectivity index (χ1) is 8.43. The summed E-state index contributed by atoms with van der Waals surface area (Å²) in [6.45, 7) is 0.0206. The number of amides is 1. The lowest BCUT2D eigenvalue weighted by Gasteiger charge is -2.17. The van der Waals surface area contributed by atoms with E-state index in [-0.39, 0.29) is 24.8 Å². The van der Waals surface area contributed by atoms with E-state index in [1.807, 2.05) is 0 Å². The highest BCUT2D eigenvalue weighted by Crippen LogP contribution is 2.31. The van der Waals surface area contributed by atoms with Gasteiger partial charge in [-0.2, -0.15) is 0 Å². The maximum atomic E-state index is 11.8. The second kappa shape index (κ2) is 4.74. The van der Waals surface area contributed by atoms with Crippen LogP contribution in [-0.4, -0.2) is 38.2 Å². The summed E-state index contributed by atoms with van der Waals surface area (Å²) in [4.78, 5) is 17.1. The van der Waals surface area contributed by atoms with Crippen LogP contribution in [0.3, 0.4) is 0 Å². The van der Waals surface area contributed by atoms with Crippen molar-refractivity contribution in [1.29, 1.82) is 0 Å². The zero-order chi connectivity index (χ0) is 13.3. The number of carbonyl (C=O) groups is 1. The number of halogens is 1. The molecule has 0 spiro atoms. The zero-order valence-electron chi connectivity index (χ0n) is 9.54. The predicted molar refractivity (Wildman–Crippen MR) is 66.3 cm³/mol. The van der Waals surface area contributed by atoms with E-state index < -0.39 is 14.3 Å². The molecule has 0 aliphatic carbocycles. The summed E-state index contributed by atoms with van der Waals surface area (Å²) in [6, 6.07) is 3.29. The highest BCUT2D eigenvalue weighted by atomic mass is 35.7. The van der Waals surface area contributed by atoms with Crippen LogP contribution in [0.2, 0.25) is 0 Å². The van der Waals surface area contributed by atoms with Gasteiger partial charge in [-0.15, -0.1) is 0 Å². The second-order valence-corrected chi connectivity index (χ2v) is 6.75. The Balaban J connectivity index is 2.33. The van der Waals surface area contributed by atoms with E-state index in [2.05, 4.69) is 4.98 Å². The molecule has 2 heterocycles. The number of hydrogen-bond donors (Lipinski definition) is 0. The molecule has 1 fully saturated rings. The van der Waals surface area contributed by atoms with E-state index in [1.165, 1.54) is 18.2 Å². The third kappa shape index (κ3) is 2.41. The van der Waals surface area contributed by atoms with Gasteiger partial charge in [0.25, 0.3) is 0 Å². The molecule has 1 aromatic rings. The fraction of sp³-hybridized carbons (Fsp3) is 0.400. The van der Waals surface area contributed by atoms with Gasteiger partial charge in [0.15, 0.2) is 0 Å². The number of carbonyl (C=O) groups excluding carboxylic acids is 1.